The predicted molar refractivity (Wildman–Crippen MR) is 106 cm³/mol. The number of carbonyl (C=O) groups is 1. The highest BCUT2D eigenvalue weighted by Gasteiger charge is 2.33. The van der Waals surface area contributed by atoms with Gasteiger partial charge in [0, 0.05) is 24.6 Å². The molecule has 0 aliphatic heterocycles. The number of carbonyl (C=O) groups excluding carboxylic acids is 1. The first kappa shape index (κ1) is 25.1. The fourth-order valence-corrected chi connectivity index (χ4v) is 3.99. The number of hydrogen-bond acceptors (Lipinski definition) is 4. The summed E-state index contributed by atoms with van der Waals surface area (Å²) in [7, 11) is -4.20. The van der Waals surface area contributed by atoms with Gasteiger partial charge in [0.2, 0.25) is 5.91 Å². The molecule has 0 bridgehead atoms. The van der Waals surface area contributed by atoms with Crippen molar-refractivity contribution in [2.75, 3.05) is 25.4 Å². The molecule has 2 unspecified atom stereocenters. The van der Waals surface area contributed by atoms with E-state index >= 15 is 0 Å². The van der Waals surface area contributed by atoms with Gasteiger partial charge in [0.15, 0.2) is 0 Å². The molecule has 6 nitrogen and oxygen atoms in total. The first-order valence-corrected chi connectivity index (χ1v) is 11.4. The molecule has 0 aromatic rings. The third kappa shape index (κ3) is 10.3. The summed E-state index contributed by atoms with van der Waals surface area (Å²) in [6.07, 6.45) is 6.72. The third-order valence-corrected chi connectivity index (χ3v) is 5.95. The van der Waals surface area contributed by atoms with Crippen LogP contribution in [0.25, 0.3) is 0 Å². The summed E-state index contributed by atoms with van der Waals surface area (Å²) in [6.45, 7) is 14.6. The van der Waals surface area contributed by atoms with E-state index in [1.165, 1.54) is 6.08 Å². The van der Waals surface area contributed by atoms with Gasteiger partial charge in [-0.15, -0.1) is 0 Å². The van der Waals surface area contributed by atoms with E-state index in [2.05, 4.69) is 32.7 Å². The highest BCUT2D eigenvalue weighted by molar-refractivity contribution is 7.85. The maximum Gasteiger partial charge on any atom is 0.243 e. The molecule has 1 N–H and O–H groups in total. The summed E-state index contributed by atoms with van der Waals surface area (Å²) < 4.78 is 34.1. The lowest BCUT2D eigenvalue weighted by Crippen LogP contribution is -2.57. The van der Waals surface area contributed by atoms with E-state index in [1.807, 2.05) is 6.92 Å². The Morgan fingerprint density at radius 1 is 1.12 bits per heavy atom. The monoisotopic (exact) mass is 390 g/mol. The third-order valence-electron chi connectivity index (χ3n) is 5.22. The Bertz CT molecular complexity index is 512. The van der Waals surface area contributed by atoms with Gasteiger partial charge in [-0.25, -0.2) is 8.42 Å². The number of nitrogens with one attached hydrogen (secondary N) is 1. The summed E-state index contributed by atoms with van der Waals surface area (Å²) in [5.74, 6) is -0.488. The molecule has 0 saturated carbocycles. The summed E-state index contributed by atoms with van der Waals surface area (Å²) in [4.78, 5) is 11.5. The summed E-state index contributed by atoms with van der Waals surface area (Å²) >= 11 is 0. The molecule has 0 saturated heterocycles. The van der Waals surface area contributed by atoms with Gasteiger partial charge in [-0.05, 0) is 32.8 Å². The van der Waals surface area contributed by atoms with Crippen molar-refractivity contribution < 1.29 is 22.2 Å². The fourth-order valence-electron chi connectivity index (χ4n) is 3.36. The molecule has 154 valence electrons. The molecule has 0 aromatic heterocycles. The lowest BCUT2D eigenvalue weighted by Gasteiger charge is -2.45. The van der Waals surface area contributed by atoms with Crippen LogP contribution in [-0.2, 0) is 14.9 Å². The molecule has 7 heteroatoms. The Balaban J connectivity index is 5.23. The van der Waals surface area contributed by atoms with Gasteiger partial charge in [0.1, 0.15) is 0 Å². The van der Waals surface area contributed by atoms with Gasteiger partial charge in [0.25, 0.3) is 0 Å². The Morgan fingerprint density at radius 2 is 1.65 bits per heavy atom. The van der Waals surface area contributed by atoms with Gasteiger partial charge in [-0.1, -0.05) is 33.3 Å². The molecule has 0 fully saturated rings. The number of amides is 1. The molecule has 26 heavy (non-hydrogen) atoms. The van der Waals surface area contributed by atoms with Crippen LogP contribution in [0.2, 0.25) is 0 Å². The Morgan fingerprint density at radius 3 is 2.08 bits per heavy atom. The lowest BCUT2D eigenvalue weighted by atomic mass is 10.0. The molecule has 2 atom stereocenters. The first-order valence-electron chi connectivity index (χ1n) is 9.82. The molecule has 0 heterocycles. The number of hydrogen-bond donors (Lipinski definition) is 1. The molecule has 0 aromatic carbocycles. The quantitative estimate of drug-likeness (QED) is 0.265. The average molecular weight is 391 g/mol. The van der Waals surface area contributed by atoms with Gasteiger partial charge < -0.3 is 14.4 Å². The first-order chi connectivity index (χ1) is 12.1. The second kappa shape index (κ2) is 12.5. The predicted octanol–water partition coefficient (Wildman–Crippen LogP) is 2.81. The van der Waals surface area contributed by atoms with Crippen molar-refractivity contribution in [1.82, 2.24) is 5.32 Å². The summed E-state index contributed by atoms with van der Waals surface area (Å²) in [5, 5.41) is 2.90. The molecular formula is C19H38N2O4S. The zero-order valence-electron chi connectivity index (χ0n) is 17.0. The minimum atomic E-state index is -4.20. The lowest BCUT2D eigenvalue weighted by molar-refractivity contribution is -0.950. The van der Waals surface area contributed by atoms with E-state index in [0.29, 0.717) is 6.42 Å². The minimum absolute atomic E-state index is 0.0247. The number of nitrogens with zero attached hydrogens (tertiary/aromatic N) is 1. The second-order valence-corrected chi connectivity index (χ2v) is 8.92. The highest BCUT2D eigenvalue weighted by Crippen LogP contribution is 2.22. The molecule has 0 radical (unpaired) electrons. The van der Waals surface area contributed by atoms with Gasteiger partial charge in [-0.2, -0.15) is 0 Å². The van der Waals surface area contributed by atoms with E-state index in [-0.39, 0.29) is 23.7 Å². The van der Waals surface area contributed by atoms with Gasteiger partial charge in [-0.3, -0.25) is 4.79 Å². The Labute approximate surface area is 160 Å². The maximum absolute atomic E-state index is 11.5. The van der Waals surface area contributed by atoms with Crippen molar-refractivity contribution in [1.29, 1.82) is 0 Å². The van der Waals surface area contributed by atoms with Crippen molar-refractivity contribution in [2.24, 2.45) is 0 Å². The molecule has 1 amide bonds. The zero-order chi connectivity index (χ0) is 20.2. The van der Waals surface area contributed by atoms with Crippen molar-refractivity contribution in [3.63, 3.8) is 0 Å². The second-order valence-electron chi connectivity index (χ2n) is 7.40. The average Bonchev–Trinajstić information content (AvgIpc) is 2.58. The van der Waals surface area contributed by atoms with Gasteiger partial charge in [0.05, 0.1) is 35.8 Å². The van der Waals surface area contributed by atoms with Crippen molar-refractivity contribution >= 4 is 16.0 Å². The van der Waals surface area contributed by atoms with Crippen LogP contribution in [0.4, 0.5) is 0 Å². The number of unbranched alkanes of at least 4 members (excludes halogenated alkanes) is 2. The van der Waals surface area contributed by atoms with Crippen LogP contribution in [0, 0.1) is 0 Å². The fraction of sp³-hybridized carbons (Fsp3) is 0.842. The van der Waals surface area contributed by atoms with Crippen molar-refractivity contribution in [3.8, 4) is 0 Å². The minimum Gasteiger partial charge on any atom is -0.748 e. The number of rotatable bonds is 15. The van der Waals surface area contributed by atoms with Crippen molar-refractivity contribution in [3.05, 3.63) is 12.7 Å². The van der Waals surface area contributed by atoms with E-state index in [0.717, 1.165) is 56.2 Å². The molecule has 0 spiro atoms. The molecular weight excluding hydrogens is 352 g/mol. The van der Waals surface area contributed by atoms with Crippen LogP contribution < -0.4 is 5.32 Å². The van der Waals surface area contributed by atoms with Crippen LogP contribution in [0.5, 0.6) is 0 Å². The van der Waals surface area contributed by atoms with Crippen LogP contribution >= 0.6 is 0 Å². The molecule has 0 aliphatic rings. The van der Waals surface area contributed by atoms with Crippen LogP contribution in [0.1, 0.15) is 66.2 Å². The summed E-state index contributed by atoms with van der Waals surface area (Å²) in [6, 6.07) is 0.121. The SMILES string of the molecule is C=CC(=O)NC(C)CC[N+](CCCC)(CCCC)C(C)CCS(=O)(=O)[O-]. The largest absolute Gasteiger partial charge is 0.748 e. The summed E-state index contributed by atoms with van der Waals surface area (Å²) in [5.41, 5.74) is 0. The van der Waals surface area contributed by atoms with Gasteiger partial charge >= 0.3 is 0 Å². The zero-order valence-corrected chi connectivity index (χ0v) is 17.8. The van der Waals surface area contributed by atoms with Crippen LogP contribution in [-0.4, -0.2) is 60.8 Å². The van der Waals surface area contributed by atoms with Crippen LogP contribution in [0.15, 0.2) is 12.7 Å². The maximum atomic E-state index is 11.5. The van der Waals surface area contributed by atoms with E-state index in [9.17, 15) is 17.8 Å². The normalized spacial score (nSPS) is 14.7. The Hall–Kier alpha value is -0.920. The van der Waals surface area contributed by atoms with E-state index in [4.69, 9.17) is 0 Å². The number of quaternary nitrogens is 1. The van der Waals surface area contributed by atoms with E-state index in [1.54, 1.807) is 0 Å². The topological polar surface area (TPSA) is 86.3 Å². The standard InChI is InChI=1S/C19H38N2O4S/c1-6-9-13-21(14-10-7-2,18(5)12-16-26(23,24)25)15-11-17(4)20-19(22)8-3/h8,17-18H,3,6-7,9-16H2,1-2,4-5H3,(H-,20,22,23,24,25). The Kier molecular flexibility index (Phi) is 12.0. The van der Waals surface area contributed by atoms with Crippen molar-refractivity contribution in [2.45, 2.75) is 78.3 Å². The molecule has 0 rings (SSSR count). The van der Waals surface area contributed by atoms with Crippen LogP contribution in [0.3, 0.4) is 0 Å². The molecule has 0 aliphatic carbocycles. The smallest absolute Gasteiger partial charge is 0.243 e. The van der Waals surface area contributed by atoms with E-state index < -0.39 is 10.1 Å². The highest BCUT2D eigenvalue weighted by atomic mass is 32.2.